The molecule has 94 valence electrons. The number of hydrogen-bond acceptors (Lipinski definition) is 4. The van der Waals surface area contributed by atoms with Crippen LogP contribution in [0.2, 0.25) is 5.02 Å². The SMILES string of the molecule is N#CCSc1nccc(C=Cc2ccc(Cl)cc2)n1. The zero-order valence-corrected chi connectivity index (χ0v) is 11.5. The molecule has 0 unspecified atom stereocenters. The van der Waals surface area contributed by atoms with Gasteiger partial charge in [-0.2, -0.15) is 5.26 Å². The van der Waals surface area contributed by atoms with Gasteiger partial charge in [0.05, 0.1) is 17.5 Å². The van der Waals surface area contributed by atoms with Gasteiger partial charge in [-0.15, -0.1) is 0 Å². The molecule has 0 fully saturated rings. The average molecular weight is 288 g/mol. The smallest absolute Gasteiger partial charge is 0.189 e. The molecule has 1 aromatic heterocycles. The van der Waals surface area contributed by atoms with Crippen molar-refractivity contribution in [1.29, 1.82) is 5.26 Å². The Morgan fingerprint density at radius 1 is 1.21 bits per heavy atom. The summed E-state index contributed by atoms with van der Waals surface area (Å²) in [5, 5.41) is 9.85. The van der Waals surface area contributed by atoms with Gasteiger partial charge in [0, 0.05) is 11.2 Å². The molecule has 0 saturated heterocycles. The first kappa shape index (κ1) is 13.6. The van der Waals surface area contributed by atoms with Crippen molar-refractivity contribution in [2.24, 2.45) is 0 Å². The summed E-state index contributed by atoms with van der Waals surface area (Å²) < 4.78 is 0. The number of aromatic nitrogens is 2. The van der Waals surface area contributed by atoms with Crippen LogP contribution in [0.4, 0.5) is 0 Å². The number of nitriles is 1. The Hall–Kier alpha value is -1.83. The maximum Gasteiger partial charge on any atom is 0.189 e. The minimum absolute atomic E-state index is 0.352. The predicted molar refractivity (Wildman–Crippen MR) is 78.7 cm³/mol. The maximum absolute atomic E-state index is 8.52. The molecule has 1 heterocycles. The average Bonchev–Trinajstić information content (AvgIpc) is 2.45. The molecule has 1 aromatic carbocycles. The van der Waals surface area contributed by atoms with E-state index in [-0.39, 0.29) is 0 Å². The summed E-state index contributed by atoms with van der Waals surface area (Å²) in [7, 11) is 0. The molecule has 3 nitrogen and oxygen atoms in total. The molecule has 0 aliphatic rings. The number of halogens is 1. The van der Waals surface area contributed by atoms with Crippen LogP contribution in [-0.2, 0) is 0 Å². The lowest BCUT2D eigenvalue weighted by Gasteiger charge is -1.97. The van der Waals surface area contributed by atoms with Crippen LogP contribution in [0.5, 0.6) is 0 Å². The second-order valence-corrected chi connectivity index (χ2v) is 4.97. The molecule has 0 radical (unpaired) electrons. The van der Waals surface area contributed by atoms with Crippen molar-refractivity contribution in [2.45, 2.75) is 5.16 Å². The lowest BCUT2D eigenvalue weighted by atomic mass is 10.2. The van der Waals surface area contributed by atoms with Gasteiger partial charge in [-0.1, -0.05) is 41.6 Å². The summed E-state index contributed by atoms with van der Waals surface area (Å²) in [6, 6.07) is 11.4. The molecule has 0 bridgehead atoms. The van der Waals surface area contributed by atoms with Gasteiger partial charge in [0.1, 0.15) is 0 Å². The van der Waals surface area contributed by atoms with Crippen LogP contribution in [0.25, 0.3) is 12.2 Å². The van der Waals surface area contributed by atoms with Gasteiger partial charge in [-0.25, -0.2) is 9.97 Å². The van der Waals surface area contributed by atoms with E-state index < -0.39 is 0 Å². The van der Waals surface area contributed by atoms with Crippen LogP contribution in [0, 0.1) is 11.3 Å². The lowest BCUT2D eigenvalue weighted by molar-refractivity contribution is 0.960. The van der Waals surface area contributed by atoms with Crippen molar-refractivity contribution in [1.82, 2.24) is 9.97 Å². The highest BCUT2D eigenvalue weighted by Crippen LogP contribution is 2.14. The normalized spacial score (nSPS) is 10.5. The molecule has 0 spiro atoms. The molecule has 0 aliphatic carbocycles. The van der Waals surface area contributed by atoms with E-state index in [2.05, 4.69) is 16.0 Å². The highest BCUT2D eigenvalue weighted by molar-refractivity contribution is 7.99. The topological polar surface area (TPSA) is 49.6 Å². The van der Waals surface area contributed by atoms with Crippen LogP contribution in [0.15, 0.2) is 41.7 Å². The first-order valence-corrected chi connectivity index (χ1v) is 6.91. The number of rotatable bonds is 4. The van der Waals surface area contributed by atoms with E-state index in [1.807, 2.05) is 42.5 Å². The summed E-state index contributed by atoms with van der Waals surface area (Å²) in [6.07, 6.45) is 5.55. The van der Waals surface area contributed by atoms with Crippen LogP contribution in [0.1, 0.15) is 11.3 Å². The molecule has 5 heteroatoms. The fraction of sp³-hybridized carbons (Fsp3) is 0.0714. The van der Waals surface area contributed by atoms with E-state index in [0.29, 0.717) is 10.9 Å². The highest BCUT2D eigenvalue weighted by atomic mass is 35.5. The van der Waals surface area contributed by atoms with Crippen molar-refractivity contribution in [3.8, 4) is 6.07 Å². The molecule has 2 aromatic rings. The van der Waals surface area contributed by atoms with Gasteiger partial charge in [0.25, 0.3) is 0 Å². The number of hydrogen-bond donors (Lipinski definition) is 0. The van der Waals surface area contributed by atoms with Gasteiger partial charge < -0.3 is 0 Å². The van der Waals surface area contributed by atoms with Crippen molar-refractivity contribution >= 4 is 35.5 Å². The molecule has 0 amide bonds. The zero-order chi connectivity index (χ0) is 13.5. The Kier molecular flexibility index (Phi) is 4.96. The third-order valence-electron chi connectivity index (χ3n) is 2.24. The second kappa shape index (κ2) is 6.93. The summed E-state index contributed by atoms with van der Waals surface area (Å²) in [5.74, 6) is 0.352. The highest BCUT2D eigenvalue weighted by Gasteiger charge is 1.97. The summed E-state index contributed by atoms with van der Waals surface area (Å²) >= 11 is 7.15. The second-order valence-electron chi connectivity index (χ2n) is 3.60. The molecule has 0 saturated carbocycles. The Labute approximate surface area is 121 Å². The molecule has 2 rings (SSSR count). The monoisotopic (exact) mass is 287 g/mol. The van der Waals surface area contributed by atoms with Crippen LogP contribution in [-0.4, -0.2) is 15.7 Å². The Morgan fingerprint density at radius 2 is 2.00 bits per heavy atom. The third kappa shape index (κ3) is 4.40. The first-order valence-electron chi connectivity index (χ1n) is 5.54. The van der Waals surface area contributed by atoms with Crippen molar-refractivity contribution in [3.05, 3.63) is 52.8 Å². The summed E-state index contributed by atoms with van der Waals surface area (Å²) in [6.45, 7) is 0. The number of nitrogens with zero attached hydrogens (tertiary/aromatic N) is 3. The van der Waals surface area contributed by atoms with Crippen molar-refractivity contribution < 1.29 is 0 Å². The van der Waals surface area contributed by atoms with E-state index in [4.69, 9.17) is 16.9 Å². The predicted octanol–water partition coefficient (Wildman–Crippen LogP) is 3.92. The van der Waals surface area contributed by atoms with Gasteiger partial charge in [0.15, 0.2) is 5.16 Å². The van der Waals surface area contributed by atoms with Gasteiger partial charge in [0.2, 0.25) is 0 Å². The van der Waals surface area contributed by atoms with Crippen molar-refractivity contribution in [2.75, 3.05) is 5.75 Å². The minimum Gasteiger partial charge on any atom is -0.231 e. The fourth-order valence-electron chi connectivity index (χ4n) is 1.37. The third-order valence-corrected chi connectivity index (χ3v) is 3.22. The van der Waals surface area contributed by atoms with Gasteiger partial charge in [-0.3, -0.25) is 0 Å². The zero-order valence-electron chi connectivity index (χ0n) is 9.95. The molecular formula is C14H10ClN3S. The Morgan fingerprint density at radius 3 is 2.74 bits per heavy atom. The lowest BCUT2D eigenvalue weighted by Crippen LogP contribution is -1.88. The van der Waals surface area contributed by atoms with E-state index in [9.17, 15) is 0 Å². The van der Waals surface area contributed by atoms with Crippen LogP contribution >= 0.6 is 23.4 Å². The largest absolute Gasteiger partial charge is 0.231 e. The molecule has 19 heavy (non-hydrogen) atoms. The van der Waals surface area contributed by atoms with E-state index in [1.165, 1.54) is 11.8 Å². The van der Waals surface area contributed by atoms with Gasteiger partial charge in [-0.05, 0) is 29.8 Å². The quantitative estimate of drug-likeness (QED) is 0.632. The Balaban J connectivity index is 2.10. The standard InChI is InChI=1S/C14H10ClN3S/c15-12-4-1-11(2-5-12)3-6-13-7-9-17-14(18-13)19-10-8-16/h1-7,9H,10H2. The number of benzene rings is 1. The van der Waals surface area contributed by atoms with Crippen molar-refractivity contribution in [3.63, 3.8) is 0 Å². The van der Waals surface area contributed by atoms with Crippen LogP contribution < -0.4 is 0 Å². The van der Waals surface area contributed by atoms with E-state index >= 15 is 0 Å². The summed E-state index contributed by atoms with van der Waals surface area (Å²) in [4.78, 5) is 8.42. The van der Waals surface area contributed by atoms with E-state index in [1.54, 1.807) is 6.20 Å². The summed E-state index contributed by atoms with van der Waals surface area (Å²) in [5.41, 5.74) is 1.86. The fourth-order valence-corrected chi connectivity index (χ4v) is 1.99. The van der Waals surface area contributed by atoms with Crippen LogP contribution in [0.3, 0.4) is 0 Å². The number of thioether (sulfide) groups is 1. The Bertz CT molecular complexity index is 617. The molecule has 0 atom stereocenters. The molecule has 0 aliphatic heterocycles. The molecular weight excluding hydrogens is 278 g/mol. The minimum atomic E-state index is 0.352. The van der Waals surface area contributed by atoms with E-state index in [0.717, 1.165) is 16.3 Å². The van der Waals surface area contributed by atoms with Gasteiger partial charge >= 0.3 is 0 Å². The maximum atomic E-state index is 8.52. The molecule has 0 N–H and O–H groups in total. The first-order chi connectivity index (χ1) is 9.28.